The van der Waals surface area contributed by atoms with E-state index in [2.05, 4.69) is 43.5 Å². The molecule has 1 aromatic heterocycles. The van der Waals surface area contributed by atoms with Crippen LogP contribution in [0, 0.1) is 20.8 Å². The predicted molar refractivity (Wildman–Crippen MR) is 78.2 cm³/mol. The van der Waals surface area contributed by atoms with Crippen molar-refractivity contribution in [2.24, 2.45) is 5.73 Å². The van der Waals surface area contributed by atoms with Gasteiger partial charge in [0.05, 0.1) is 5.69 Å². The molecule has 2 aromatic rings. The minimum atomic E-state index is 0.270. The van der Waals surface area contributed by atoms with Gasteiger partial charge in [-0.15, -0.1) is 0 Å². The van der Waals surface area contributed by atoms with Crippen LogP contribution in [0.1, 0.15) is 29.1 Å². The van der Waals surface area contributed by atoms with E-state index in [0.29, 0.717) is 0 Å². The Labute approximate surface area is 114 Å². The van der Waals surface area contributed by atoms with Crippen LogP contribution in [0.4, 0.5) is 0 Å². The van der Waals surface area contributed by atoms with Crippen LogP contribution in [0.3, 0.4) is 0 Å². The van der Waals surface area contributed by atoms with E-state index < -0.39 is 0 Å². The van der Waals surface area contributed by atoms with Crippen LogP contribution in [-0.4, -0.2) is 15.6 Å². The molecule has 3 nitrogen and oxygen atoms in total. The quantitative estimate of drug-likeness (QED) is 0.851. The normalized spacial score (nSPS) is 18.4. The second-order valence-corrected chi connectivity index (χ2v) is 5.69. The van der Waals surface area contributed by atoms with Crippen LogP contribution in [0.2, 0.25) is 0 Å². The first-order valence-corrected chi connectivity index (χ1v) is 6.95. The Morgan fingerprint density at radius 3 is 2.84 bits per heavy atom. The van der Waals surface area contributed by atoms with E-state index in [4.69, 9.17) is 10.7 Å². The summed E-state index contributed by atoms with van der Waals surface area (Å²) in [6, 6.07) is 6.83. The monoisotopic (exact) mass is 255 g/mol. The number of aromatic nitrogens is 2. The highest BCUT2D eigenvalue weighted by Gasteiger charge is 2.22. The molecule has 100 valence electrons. The largest absolute Gasteiger partial charge is 0.330 e. The van der Waals surface area contributed by atoms with Gasteiger partial charge < -0.3 is 10.3 Å². The minimum absolute atomic E-state index is 0.270. The second kappa shape index (κ2) is 4.49. The highest BCUT2D eigenvalue weighted by Crippen LogP contribution is 2.29. The Balaban J connectivity index is 2.14. The lowest BCUT2D eigenvalue weighted by Crippen LogP contribution is -2.32. The zero-order chi connectivity index (χ0) is 13.6. The molecule has 0 saturated carbocycles. The smallest absolute Gasteiger partial charge is 0.109 e. The van der Waals surface area contributed by atoms with Gasteiger partial charge in [-0.3, -0.25) is 0 Å². The molecule has 0 aliphatic carbocycles. The first kappa shape index (κ1) is 12.4. The fourth-order valence-corrected chi connectivity index (χ4v) is 2.91. The Morgan fingerprint density at radius 2 is 2.05 bits per heavy atom. The summed E-state index contributed by atoms with van der Waals surface area (Å²) >= 11 is 0. The molecule has 1 aromatic carbocycles. The third kappa shape index (κ3) is 2.08. The standard InChI is InChI=1S/C16H21N3/c1-10-4-5-11(2)14(8-10)16-12(3)19-9-13(17)6-7-15(19)18-16/h4-5,8,13H,6-7,9,17H2,1-3H3. The zero-order valence-electron chi connectivity index (χ0n) is 11.9. The SMILES string of the molecule is Cc1ccc(C)c(-c2nc3n(c2C)CC(N)CC3)c1. The molecule has 1 aliphatic rings. The lowest BCUT2D eigenvalue weighted by molar-refractivity contribution is 0.448. The van der Waals surface area contributed by atoms with Crippen molar-refractivity contribution in [2.75, 3.05) is 0 Å². The van der Waals surface area contributed by atoms with Gasteiger partial charge in [-0.1, -0.05) is 17.7 Å². The van der Waals surface area contributed by atoms with Gasteiger partial charge in [0.1, 0.15) is 5.82 Å². The van der Waals surface area contributed by atoms with Gasteiger partial charge in [0.2, 0.25) is 0 Å². The molecule has 2 N–H and O–H groups in total. The number of nitrogens with two attached hydrogens (primary N) is 1. The van der Waals surface area contributed by atoms with Gasteiger partial charge in [-0.25, -0.2) is 4.98 Å². The summed E-state index contributed by atoms with van der Waals surface area (Å²) in [7, 11) is 0. The molecule has 1 aliphatic heterocycles. The van der Waals surface area contributed by atoms with E-state index in [1.807, 2.05) is 0 Å². The van der Waals surface area contributed by atoms with Crippen LogP contribution in [0.15, 0.2) is 18.2 Å². The number of fused-ring (bicyclic) bond motifs is 1. The average Bonchev–Trinajstić information content (AvgIpc) is 2.70. The van der Waals surface area contributed by atoms with E-state index in [9.17, 15) is 0 Å². The van der Waals surface area contributed by atoms with E-state index in [0.717, 1.165) is 25.1 Å². The summed E-state index contributed by atoms with van der Waals surface area (Å²) in [6.45, 7) is 7.34. The van der Waals surface area contributed by atoms with Crippen molar-refractivity contribution in [3.8, 4) is 11.3 Å². The van der Waals surface area contributed by atoms with Gasteiger partial charge in [-0.05, 0) is 38.8 Å². The topological polar surface area (TPSA) is 43.8 Å². The van der Waals surface area contributed by atoms with Gasteiger partial charge in [0.25, 0.3) is 0 Å². The van der Waals surface area contributed by atoms with Crippen LogP contribution in [-0.2, 0) is 13.0 Å². The maximum absolute atomic E-state index is 6.07. The molecule has 0 saturated heterocycles. The summed E-state index contributed by atoms with van der Waals surface area (Å²) < 4.78 is 2.30. The lowest BCUT2D eigenvalue weighted by Gasteiger charge is -2.21. The molecule has 1 unspecified atom stereocenters. The Kier molecular flexibility index (Phi) is 2.94. The maximum atomic E-state index is 6.07. The summed E-state index contributed by atoms with van der Waals surface area (Å²) in [5.41, 5.74) is 12.3. The number of benzene rings is 1. The summed E-state index contributed by atoms with van der Waals surface area (Å²) in [5, 5.41) is 0. The number of imidazole rings is 1. The van der Waals surface area contributed by atoms with E-state index in [1.165, 1.54) is 28.2 Å². The molecular formula is C16H21N3. The van der Waals surface area contributed by atoms with E-state index >= 15 is 0 Å². The average molecular weight is 255 g/mol. The van der Waals surface area contributed by atoms with Crippen LogP contribution in [0.5, 0.6) is 0 Å². The van der Waals surface area contributed by atoms with Crippen molar-refractivity contribution in [3.63, 3.8) is 0 Å². The maximum Gasteiger partial charge on any atom is 0.109 e. The molecule has 19 heavy (non-hydrogen) atoms. The van der Waals surface area contributed by atoms with Crippen molar-refractivity contribution in [2.45, 2.75) is 46.2 Å². The van der Waals surface area contributed by atoms with Crippen LogP contribution in [0.25, 0.3) is 11.3 Å². The summed E-state index contributed by atoms with van der Waals surface area (Å²) in [5.74, 6) is 1.19. The predicted octanol–water partition coefficient (Wildman–Crippen LogP) is 2.75. The summed E-state index contributed by atoms with van der Waals surface area (Å²) in [6.07, 6.45) is 2.04. The third-order valence-corrected chi connectivity index (χ3v) is 4.10. The Bertz CT molecular complexity index is 625. The third-order valence-electron chi connectivity index (χ3n) is 4.10. The Morgan fingerprint density at radius 1 is 1.26 bits per heavy atom. The molecule has 3 heteroatoms. The molecule has 0 spiro atoms. The van der Waals surface area contributed by atoms with Crippen LogP contribution < -0.4 is 5.73 Å². The molecule has 0 bridgehead atoms. The van der Waals surface area contributed by atoms with Crippen molar-refractivity contribution in [1.29, 1.82) is 0 Å². The van der Waals surface area contributed by atoms with Crippen molar-refractivity contribution >= 4 is 0 Å². The first-order valence-electron chi connectivity index (χ1n) is 6.95. The fraction of sp³-hybridized carbons (Fsp3) is 0.438. The molecular weight excluding hydrogens is 234 g/mol. The lowest BCUT2D eigenvalue weighted by atomic mass is 10.0. The molecule has 0 radical (unpaired) electrons. The number of nitrogens with zero attached hydrogens (tertiary/aromatic N) is 2. The minimum Gasteiger partial charge on any atom is -0.330 e. The zero-order valence-corrected chi connectivity index (χ0v) is 11.9. The van der Waals surface area contributed by atoms with Crippen molar-refractivity contribution in [1.82, 2.24) is 9.55 Å². The second-order valence-electron chi connectivity index (χ2n) is 5.69. The molecule has 2 heterocycles. The van der Waals surface area contributed by atoms with Gasteiger partial charge in [-0.2, -0.15) is 0 Å². The molecule has 0 fully saturated rings. The summed E-state index contributed by atoms with van der Waals surface area (Å²) in [4.78, 5) is 4.86. The fourth-order valence-electron chi connectivity index (χ4n) is 2.91. The highest BCUT2D eigenvalue weighted by molar-refractivity contribution is 5.67. The van der Waals surface area contributed by atoms with Gasteiger partial charge in [0, 0.05) is 30.3 Å². The van der Waals surface area contributed by atoms with Crippen LogP contribution >= 0.6 is 0 Å². The van der Waals surface area contributed by atoms with E-state index in [-0.39, 0.29) is 6.04 Å². The van der Waals surface area contributed by atoms with Gasteiger partial charge >= 0.3 is 0 Å². The van der Waals surface area contributed by atoms with Gasteiger partial charge in [0.15, 0.2) is 0 Å². The number of aryl methyl sites for hydroxylation is 3. The number of hydrogen-bond donors (Lipinski definition) is 1. The first-order chi connectivity index (χ1) is 9.06. The Hall–Kier alpha value is -1.61. The molecule has 1 atom stereocenters. The molecule has 3 rings (SSSR count). The van der Waals surface area contributed by atoms with Crippen molar-refractivity contribution < 1.29 is 0 Å². The number of hydrogen-bond acceptors (Lipinski definition) is 2. The van der Waals surface area contributed by atoms with Crippen molar-refractivity contribution in [3.05, 3.63) is 40.8 Å². The van der Waals surface area contributed by atoms with E-state index in [1.54, 1.807) is 0 Å². The highest BCUT2D eigenvalue weighted by atomic mass is 15.1. The molecule has 0 amide bonds. The number of rotatable bonds is 1.